The number of benzene rings is 1. The molecule has 4 unspecified atom stereocenters. The molecule has 2 aliphatic heterocycles. The van der Waals surface area contributed by atoms with Crippen molar-refractivity contribution >= 4 is 0 Å². The van der Waals surface area contributed by atoms with Gasteiger partial charge in [-0.25, -0.2) is 0 Å². The Morgan fingerprint density at radius 2 is 2.06 bits per heavy atom. The van der Waals surface area contributed by atoms with E-state index in [1.54, 1.807) is 0 Å². The maximum atomic E-state index is 3.54. The standard InChI is InChI=1S/C16H24N2/c1-12(8-14-6-4-3-5-7-14)18-11-15-9-17-10-16(15)13(18)2/h3-7,12-13,15-17H,8-11H2,1-2H3. The first-order valence-electron chi connectivity index (χ1n) is 7.26. The third-order valence-electron chi connectivity index (χ3n) is 4.92. The van der Waals surface area contributed by atoms with E-state index in [2.05, 4.69) is 54.4 Å². The largest absolute Gasteiger partial charge is 0.316 e. The van der Waals surface area contributed by atoms with Crippen LogP contribution in [0.4, 0.5) is 0 Å². The molecule has 2 saturated heterocycles. The quantitative estimate of drug-likeness (QED) is 0.876. The van der Waals surface area contributed by atoms with E-state index in [9.17, 15) is 0 Å². The molecule has 0 aromatic heterocycles. The molecule has 0 spiro atoms. The zero-order chi connectivity index (χ0) is 12.5. The van der Waals surface area contributed by atoms with E-state index in [-0.39, 0.29) is 0 Å². The zero-order valence-electron chi connectivity index (χ0n) is 11.5. The first-order valence-corrected chi connectivity index (χ1v) is 7.26. The van der Waals surface area contributed by atoms with Gasteiger partial charge in [-0.05, 0) is 50.8 Å². The highest BCUT2D eigenvalue weighted by Gasteiger charge is 2.42. The van der Waals surface area contributed by atoms with E-state index in [1.807, 2.05) is 0 Å². The van der Waals surface area contributed by atoms with Crippen LogP contribution in [0.15, 0.2) is 30.3 Å². The Morgan fingerprint density at radius 1 is 1.28 bits per heavy atom. The van der Waals surface area contributed by atoms with Crippen LogP contribution < -0.4 is 5.32 Å². The fourth-order valence-corrected chi connectivity index (χ4v) is 3.85. The van der Waals surface area contributed by atoms with Crippen LogP contribution in [0.2, 0.25) is 0 Å². The summed E-state index contributed by atoms with van der Waals surface area (Å²) in [6.45, 7) is 8.54. The van der Waals surface area contributed by atoms with Gasteiger partial charge in [0, 0.05) is 18.6 Å². The molecule has 2 nitrogen and oxygen atoms in total. The summed E-state index contributed by atoms with van der Waals surface area (Å²) >= 11 is 0. The molecule has 2 heterocycles. The summed E-state index contributed by atoms with van der Waals surface area (Å²) in [5, 5.41) is 3.54. The fourth-order valence-electron chi connectivity index (χ4n) is 3.85. The van der Waals surface area contributed by atoms with Gasteiger partial charge in [-0.2, -0.15) is 0 Å². The minimum absolute atomic E-state index is 0.660. The van der Waals surface area contributed by atoms with Gasteiger partial charge in [0.25, 0.3) is 0 Å². The summed E-state index contributed by atoms with van der Waals surface area (Å²) in [6, 6.07) is 12.3. The molecule has 0 amide bonds. The number of hydrogen-bond donors (Lipinski definition) is 1. The molecular formula is C16H24N2. The van der Waals surface area contributed by atoms with Crippen LogP contribution in [0.5, 0.6) is 0 Å². The predicted molar refractivity (Wildman–Crippen MR) is 75.6 cm³/mol. The Hall–Kier alpha value is -0.860. The van der Waals surface area contributed by atoms with Gasteiger partial charge in [-0.3, -0.25) is 4.90 Å². The number of likely N-dealkylation sites (tertiary alicyclic amines) is 1. The lowest BCUT2D eigenvalue weighted by atomic mass is 9.95. The van der Waals surface area contributed by atoms with Crippen LogP contribution in [0, 0.1) is 11.8 Å². The van der Waals surface area contributed by atoms with Crippen LogP contribution in [0.3, 0.4) is 0 Å². The number of nitrogens with one attached hydrogen (secondary N) is 1. The molecular weight excluding hydrogens is 220 g/mol. The number of nitrogens with zero attached hydrogens (tertiary/aromatic N) is 1. The lowest BCUT2D eigenvalue weighted by molar-refractivity contribution is 0.180. The molecule has 2 heteroatoms. The highest BCUT2D eigenvalue weighted by Crippen LogP contribution is 2.34. The van der Waals surface area contributed by atoms with Crippen molar-refractivity contribution in [2.45, 2.75) is 32.4 Å². The van der Waals surface area contributed by atoms with Gasteiger partial charge < -0.3 is 5.32 Å². The molecule has 2 aliphatic rings. The van der Waals surface area contributed by atoms with Crippen LogP contribution in [0.25, 0.3) is 0 Å². The van der Waals surface area contributed by atoms with Crippen LogP contribution in [0.1, 0.15) is 19.4 Å². The zero-order valence-corrected chi connectivity index (χ0v) is 11.5. The Kier molecular flexibility index (Phi) is 3.40. The maximum absolute atomic E-state index is 3.54. The first kappa shape index (κ1) is 12.2. The Morgan fingerprint density at radius 3 is 2.78 bits per heavy atom. The van der Waals surface area contributed by atoms with E-state index < -0.39 is 0 Å². The maximum Gasteiger partial charge on any atom is 0.0114 e. The highest BCUT2D eigenvalue weighted by atomic mass is 15.2. The SMILES string of the molecule is CC(Cc1ccccc1)N1CC2CNCC2C1C. The van der Waals surface area contributed by atoms with E-state index >= 15 is 0 Å². The molecule has 1 N–H and O–H groups in total. The average Bonchev–Trinajstić information content (AvgIpc) is 2.94. The van der Waals surface area contributed by atoms with Crippen LogP contribution >= 0.6 is 0 Å². The van der Waals surface area contributed by atoms with Gasteiger partial charge in [0.15, 0.2) is 0 Å². The monoisotopic (exact) mass is 244 g/mol. The van der Waals surface area contributed by atoms with Crippen molar-refractivity contribution in [3.05, 3.63) is 35.9 Å². The first-order chi connectivity index (χ1) is 8.75. The minimum Gasteiger partial charge on any atom is -0.316 e. The fraction of sp³-hybridized carbons (Fsp3) is 0.625. The topological polar surface area (TPSA) is 15.3 Å². The van der Waals surface area contributed by atoms with Crippen LogP contribution in [-0.4, -0.2) is 36.6 Å². The predicted octanol–water partition coefficient (Wildman–Crippen LogP) is 2.16. The average molecular weight is 244 g/mol. The van der Waals surface area contributed by atoms with Crippen molar-refractivity contribution in [1.82, 2.24) is 10.2 Å². The smallest absolute Gasteiger partial charge is 0.0114 e. The van der Waals surface area contributed by atoms with Crippen molar-refractivity contribution in [2.75, 3.05) is 19.6 Å². The number of hydrogen-bond acceptors (Lipinski definition) is 2. The molecule has 1 aromatic rings. The third-order valence-corrected chi connectivity index (χ3v) is 4.92. The van der Waals surface area contributed by atoms with Crippen molar-refractivity contribution in [3.8, 4) is 0 Å². The molecule has 0 radical (unpaired) electrons. The second-order valence-electron chi connectivity index (χ2n) is 6.06. The van der Waals surface area contributed by atoms with Gasteiger partial charge in [-0.1, -0.05) is 30.3 Å². The number of rotatable bonds is 3. The molecule has 2 fully saturated rings. The summed E-state index contributed by atoms with van der Waals surface area (Å²) in [5.74, 6) is 1.77. The summed E-state index contributed by atoms with van der Waals surface area (Å²) < 4.78 is 0. The minimum atomic E-state index is 0.660. The van der Waals surface area contributed by atoms with Crippen molar-refractivity contribution in [1.29, 1.82) is 0 Å². The van der Waals surface area contributed by atoms with E-state index in [4.69, 9.17) is 0 Å². The molecule has 0 aliphatic carbocycles. The number of fused-ring (bicyclic) bond motifs is 1. The van der Waals surface area contributed by atoms with Gasteiger partial charge in [-0.15, -0.1) is 0 Å². The lowest BCUT2D eigenvalue weighted by Crippen LogP contribution is -2.40. The van der Waals surface area contributed by atoms with Gasteiger partial charge in [0.2, 0.25) is 0 Å². The molecule has 3 rings (SSSR count). The Labute approximate surface area is 110 Å². The second-order valence-corrected chi connectivity index (χ2v) is 6.06. The molecule has 1 aromatic carbocycles. The summed E-state index contributed by atoms with van der Waals surface area (Å²) in [6.07, 6.45) is 1.18. The Bertz CT molecular complexity index is 389. The highest BCUT2D eigenvalue weighted by molar-refractivity contribution is 5.16. The summed E-state index contributed by atoms with van der Waals surface area (Å²) in [5.41, 5.74) is 1.47. The van der Waals surface area contributed by atoms with Crippen molar-refractivity contribution in [2.24, 2.45) is 11.8 Å². The van der Waals surface area contributed by atoms with Crippen LogP contribution in [-0.2, 0) is 6.42 Å². The third kappa shape index (κ3) is 2.19. The van der Waals surface area contributed by atoms with E-state index in [0.29, 0.717) is 6.04 Å². The van der Waals surface area contributed by atoms with Gasteiger partial charge in [0.05, 0.1) is 0 Å². The van der Waals surface area contributed by atoms with Crippen molar-refractivity contribution in [3.63, 3.8) is 0 Å². The van der Waals surface area contributed by atoms with Gasteiger partial charge >= 0.3 is 0 Å². The molecule has 0 bridgehead atoms. The Balaban J connectivity index is 1.65. The molecule has 98 valence electrons. The normalized spacial score (nSPS) is 33.6. The molecule has 18 heavy (non-hydrogen) atoms. The van der Waals surface area contributed by atoms with Gasteiger partial charge in [0.1, 0.15) is 0 Å². The summed E-state index contributed by atoms with van der Waals surface area (Å²) in [7, 11) is 0. The van der Waals surface area contributed by atoms with E-state index in [1.165, 1.54) is 31.6 Å². The van der Waals surface area contributed by atoms with E-state index in [0.717, 1.165) is 17.9 Å². The summed E-state index contributed by atoms with van der Waals surface area (Å²) in [4.78, 5) is 2.73. The molecule has 0 saturated carbocycles. The molecule has 4 atom stereocenters. The van der Waals surface area contributed by atoms with Crippen molar-refractivity contribution < 1.29 is 0 Å². The lowest BCUT2D eigenvalue weighted by Gasteiger charge is -2.30. The second kappa shape index (κ2) is 5.02.